The van der Waals surface area contributed by atoms with Gasteiger partial charge in [-0.15, -0.1) is 0 Å². The Morgan fingerprint density at radius 1 is 1.36 bits per heavy atom. The first-order chi connectivity index (χ1) is 10.5. The van der Waals surface area contributed by atoms with E-state index in [4.69, 9.17) is 10.5 Å². The van der Waals surface area contributed by atoms with Gasteiger partial charge in [0.2, 0.25) is 0 Å². The number of likely N-dealkylation sites (tertiary alicyclic amines) is 1. The summed E-state index contributed by atoms with van der Waals surface area (Å²) in [4.78, 5) is 2.54. The summed E-state index contributed by atoms with van der Waals surface area (Å²) in [5.74, 6) is 0.114. The predicted octanol–water partition coefficient (Wildman–Crippen LogP) is 1.66. The molecule has 0 amide bonds. The molecule has 1 aromatic rings. The topological polar surface area (TPSA) is 72.6 Å². The fourth-order valence-corrected chi connectivity index (χ4v) is 4.34. The highest BCUT2D eigenvalue weighted by Gasteiger charge is 2.28. The lowest BCUT2D eigenvalue weighted by Gasteiger charge is -2.38. The lowest BCUT2D eigenvalue weighted by atomic mass is 9.99. The van der Waals surface area contributed by atoms with E-state index in [1.165, 1.54) is 0 Å². The number of nitrogens with zero attached hydrogens (tertiary/aromatic N) is 1. The molecule has 124 valence electrons. The number of ether oxygens (including phenoxy) is 1. The molecule has 22 heavy (non-hydrogen) atoms. The molecule has 2 N–H and O–H groups in total. The summed E-state index contributed by atoms with van der Waals surface area (Å²) >= 11 is 3.31. The van der Waals surface area contributed by atoms with Gasteiger partial charge in [0.15, 0.2) is 9.84 Å². The Labute approximate surface area is 140 Å². The van der Waals surface area contributed by atoms with Gasteiger partial charge in [-0.3, -0.25) is 4.90 Å². The number of rotatable bonds is 6. The Hall–Kier alpha value is -0.470. The van der Waals surface area contributed by atoms with Crippen molar-refractivity contribution in [2.75, 3.05) is 32.5 Å². The van der Waals surface area contributed by atoms with Crippen LogP contribution in [0, 0.1) is 0 Å². The minimum absolute atomic E-state index is 0.114. The molecule has 0 bridgehead atoms. The third-order valence-corrected chi connectivity index (χ3v) is 6.45. The normalized spacial score (nSPS) is 23.6. The van der Waals surface area contributed by atoms with Gasteiger partial charge < -0.3 is 10.5 Å². The maximum Gasteiger partial charge on any atom is 0.179 e. The summed E-state index contributed by atoms with van der Waals surface area (Å²) in [7, 11) is -1.55. The Bertz CT molecular complexity index is 577. The smallest absolute Gasteiger partial charge is 0.179 e. The number of halogens is 1. The van der Waals surface area contributed by atoms with Crippen molar-refractivity contribution in [2.24, 2.45) is 5.73 Å². The van der Waals surface area contributed by atoms with Gasteiger partial charge in [0, 0.05) is 37.3 Å². The molecule has 7 heteroatoms. The number of nitrogens with two attached hydrogens (primary N) is 1. The number of benzene rings is 1. The van der Waals surface area contributed by atoms with Gasteiger partial charge in [0.1, 0.15) is 0 Å². The van der Waals surface area contributed by atoms with E-state index in [1.54, 1.807) is 31.4 Å². The lowest BCUT2D eigenvalue weighted by molar-refractivity contribution is 0.0157. The Morgan fingerprint density at radius 2 is 2.05 bits per heavy atom. The number of methoxy groups -OCH3 is 1. The van der Waals surface area contributed by atoms with Crippen LogP contribution in [0.15, 0.2) is 33.6 Å². The Morgan fingerprint density at radius 3 is 2.64 bits per heavy atom. The first-order valence-electron chi connectivity index (χ1n) is 7.41. The van der Waals surface area contributed by atoms with Gasteiger partial charge in [-0.25, -0.2) is 8.42 Å². The van der Waals surface area contributed by atoms with Gasteiger partial charge in [-0.05, 0) is 37.1 Å². The molecular weight excluding hydrogens is 368 g/mol. The molecule has 1 heterocycles. The van der Waals surface area contributed by atoms with Crippen LogP contribution < -0.4 is 5.73 Å². The van der Waals surface area contributed by atoms with Crippen molar-refractivity contribution < 1.29 is 13.2 Å². The van der Waals surface area contributed by atoms with Crippen LogP contribution in [0.1, 0.15) is 12.8 Å². The summed E-state index contributed by atoms with van der Waals surface area (Å²) in [5.41, 5.74) is 5.83. The average Bonchev–Trinajstić information content (AvgIpc) is 2.53. The van der Waals surface area contributed by atoms with Crippen molar-refractivity contribution in [3.8, 4) is 0 Å². The minimum Gasteiger partial charge on any atom is -0.381 e. The van der Waals surface area contributed by atoms with Crippen LogP contribution in [0.25, 0.3) is 0 Å². The predicted molar refractivity (Wildman–Crippen MR) is 90.6 cm³/mol. The lowest BCUT2D eigenvalue weighted by Crippen LogP contribution is -2.49. The fourth-order valence-electron chi connectivity index (χ4n) is 2.81. The highest BCUT2D eigenvalue weighted by Crippen LogP contribution is 2.20. The molecule has 0 aromatic heterocycles. The SMILES string of the molecule is COC1CCN(CCS(=O)(=O)c2ccc(Br)cc2)C(CN)C1. The zero-order valence-corrected chi connectivity index (χ0v) is 15.1. The molecule has 1 aromatic carbocycles. The fraction of sp³-hybridized carbons (Fsp3) is 0.600. The standard InChI is InChI=1S/C15H23BrN2O3S/c1-21-14-6-7-18(13(10-14)11-17)8-9-22(19,20)15-4-2-12(16)3-5-15/h2-5,13-14H,6-11,17H2,1H3. The Kier molecular flexibility index (Phi) is 6.40. The second-order valence-electron chi connectivity index (χ2n) is 5.58. The molecule has 2 rings (SSSR count). The van der Waals surface area contributed by atoms with Crippen molar-refractivity contribution in [1.82, 2.24) is 4.90 Å². The molecule has 0 radical (unpaired) electrons. The van der Waals surface area contributed by atoms with Crippen molar-refractivity contribution in [3.05, 3.63) is 28.7 Å². The van der Waals surface area contributed by atoms with E-state index in [0.717, 1.165) is 23.9 Å². The number of piperidine rings is 1. The number of sulfone groups is 1. The Balaban J connectivity index is 1.98. The van der Waals surface area contributed by atoms with E-state index in [-0.39, 0.29) is 17.9 Å². The third-order valence-electron chi connectivity index (χ3n) is 4.22. The number of hydrogen-bond donors (Lipinski definition) is 1. The van der Waals surface area contributed by atoms with E-state index in [2.05, 4.69) is 20.8 Å². The van der Waals surface area contributed by atoms with Gasteiger partial charge in [0.25, 0.3) is 0 Å². The number of hydrogen-bond acceptors (Lipinski definition) is 5. The molecule has 0 spiro atoms. The van der Waals surface area contributed by atoms with Crippen molar-refractivity contribution in [1.29, 1.82) is 0 Å². The third kappa shape index (κ3) is 4.52. The van der Waals surface area contributed by atoms with E-state index in [1.807, 2.05) is 0 Å². The molecule has 2 unspecified atom stereocenters. The van der Waals surface area contributed by atoms with Crippen LogP contribution in [0.5, 0.6) is 0 Å². The molecule has 0 saturated carbocycles. The van der Waals surface area contributed by atoms with Gasteiger partial charge in [0.05, 0.1) is 16.8 Å². The van der Waals surface area contributed by atoms with Crippen LogP contribution >= 0.6 is 15.9 Å². The average molecular weight is 391 g/mol. The van der Waals surface area contributed by atoms with Gasteiger partial charge in [-0.2, -0.15) is 0 Å². The maximum atomic E-state index is 12.4. The van der Waals surface area contributed by atoms with Crippen LogP contribution in [-0.4, -0.2) is 58.0 Å². The maximum absolute atomic E-state index is 12.4. The summed E-state index contributed by atoms with van der Waals surface area (Å²) in [6, 6.07) is 6.96. The molecule has 1 fully saturated rings. The van der Waals surface area contributed by atoms with Crippen LogP contribution in [0.3, 0.4) is 0 Å². The summed E-state index contributed by atoms with van der Waals surface area (Å²) in [6.07, 6.45) is 2.02. The molecule has 2 atom stereocenters. The van der Waals surface area contributed by atoms with E-state index >= 15 is 0 Å². The molecule has 1 saturated heterocycles. The first kappa shape index (κ1) is 17.9. The molecule has 1 aliphatic heterocycles. The largest absolute Gasteiger partial charge is 0.381 e. The quantitative estimate of drug-likeness (QED) is 0.799. The highest BCUT2D eigenvalue weighted by atomic mass is 79.9. The molecule has 1 aliphatic rings. The van der Waals surface area contributed by atoms with Gasteiger partial charge >= 0.3 is 0 Å². The first-order valence-corrected chi connectivity index (χ1v) is 9.86. The summed E-state index contributed by atoms with van der Waals surface area (Å²) in [6.45, 7) is 1.87. The molecule has 5 nitrogen and oxygen atoms in total. The monoisotopic (exact) mass is 390 g/mol. The van der Waals surface area contributed by atoms with Crippen molar-refractivity contribution in [2.45, 2.75) is 29.9 Å². The second-order valence-corrected chi connectivity index (χ2v) is 8.61. The van der Waals surface area contributed by atoms with E-state index < -0.39 is 9.84 Å². The molecular formula is C15H23BrN2O3S. The molecule has 0 aliphatic carbocycles. The zero-order valence-electron chi connectivity index (χ0n) is 12.7. The van der Waals surface area contributed by atoms with E-state index in [9.17, 15) is 8.42 Å². The summed E-state index contributed by atoms with van der Waals surface area (Å²) in [5, 5.41) is 0. The van der Waals surface area contributed by atoms with Crippen molar-refractivity contribution in [3.63, 3.8) is 0 Å². The second kappa shape index (κ2) is 7.88. The highest BCUT2D eigenvalue weighted by molar-refractivity contribution is 9.10. The van der Waals surface area contributed by atoms with Crippen LogP contribution in [0.2, 0.25) is 0 Å². The van der Waals surface area contributed by atoms with Crippen molar-refractivity contribution >= 4 is 25.8 Å². The van der Waals surface area contributed by atoms with Crippen LogP contribution in [-0.2, 0) is 14.6 Å². The van der Waals surface area contributed by atoms with Crippen LogP contribution in [0.4, 0.5) is 0 Å². The van der Waals surface area contributed by atoms with Gasteiger partial charge in [-0.1, -0.05) is 15.9 Å². The minimum atomic E-state index is -3.26. The van der Waals surface area contributed by atoms with E-state index in [0.29, 0.717) is 18.0 Å². The zero-order chi connectivity index (χ0) is 16.2. The summed E-state index contributed by atoms with van der Waals surface area (Å²) < 4.78 is 31.1.